The number of rotatable bonds is 6. The highest BCUT2D eigenvalue weighted by molar-refractivity contribution is 5.78. The van der Waals surface area contributed by atoms with Gasteiger partial charge < -0.3 is 15.0 Å². The molecule has 3 aromatic rings. The molecule has 1 fully saturated rings. The van der Waals surface area contributed by atoms with Crippen LogP contribution in [0.3, 0.4) is 0 Å². The van der Waals surface area contributed by atoms with Gasteiger partial charge in [-0.15, -0.1) is 0 Å². The van der Waals surface area contributed by atoms with Gasteiger partial charge in [0.1, 0.15) is 11.6 Å². The van der Waals surface area contributed by atoms with Crippen molar-refractivity contribution in [3.63, 3.8) is 0 Å². The van der Waals surface area contributed by atoms with E-state index in [2.05, 4.69) is 20.4 Å². The van der Waals surface area contributed by atoms with E-state index < -0.39 is 0 Å². The fourth-order valence-electron chi connectivity index (χ4n) is 3.22. The van der Waals surface area contributed by atoms with Crippen LogP contribution < -0.4 is 15.0 Å². The molecule has 1 aromatic carbocycles. The maximum absolute atomic E-state index is 12.9. The largest absolute Gasteiger partial charge is 0.484 e. The molecule has 0 aliphatic carbocycles. The molecule has 0 radical (unpaired) electrons. The van der Waals surface area contributed by atoms with Crippen molar-refractivity contribution in [2.24, 2.45) is 7.05 Å². The number of nitrogens with zero attached hydrogens (tertiary/aromatic N) is 5. The first-order valence-corrected chi connectivity index (χ1v) is 9.31. The molecule has 1 amide bonds. The van der Waals surface area contributed by atoms with Gasteiger partial charge in [-0.25, -0.2) is 14.4 Å². The number of carbonyl (C=O) groups is 1. The normalized spacial score (nSPS) is 16.1. The van der Waals surface area contributed by atoms with E-state index in [9.17, 15) is 9.18 Å². The fraction of sp³-hybridized carbons (Fsp3) is 0.300. The quantitative estimate of drug-likeness (QED) is 0.684. The molecule has 1 atom stereocenters. The maximum Gasteiger partial charge on any atom is 0.258 e. The number of hydrogen-bond donors (Lipinski definition) is 1. The van der Waals surface area contributed by atoms with Crippen molar-refractivity contribution in [2.75, 3.05) is 24.6 Å². The van der Waals surface area contributed by atoms with Crippen molar-refractivity contribution in [2.45, 2.75) is 12.5 Å². The van der Waals surface area contributed by atoms with Crippen molar-refractivity contribution < 1.29 is 13.9 Å². The van der Waals surface area contributed by atoms with E-state index in [4.69, 9.17) is 4.74 Å². The van der Waals surface area contributed by atoms with Gasteiger partial charge in [0.2, 0.25) is 5.95 Å². The van der Waals surface area contributed by atoms with Crippen LogP contribution in [0.25, 0.3) is 11.3 Å². The molecule has 1 aliphatic heterocycles. The second-order valence-electron chi connectivity index (χ2n) is 6.89. The summed E-state index contributed by atoms with van der Waals surface area (Å²) in [5.41, 5.74) is 1.74. The third-order valence-corrected chi connectivity index (χ3v) is 4.66. The van der Waals surface area contributed by atoms with Gasteiger partial charge in [0.15, 0.2) is 6.61 Å². The SMILES string of the molecule is Cn1cc(-c2ccnc(N3CCC(NC(=O)COc4ccc(F)cc4)C3)n2)cn1. The molecule has 150 valence electrons. The summed E-state index contributed by atoms with van der Waals surface area (Å²) in [5.74, 6) is 0.523. The molecule has 29 heavy (non-hydrogen) atoms. The number of amides is 1. The highest BCUT2D eigenvalue weighted by atomic mass is 19.1. The lowest BCUT2D eigenvalue weighted by Crippen LogP contribution is -2.39. The predicted octanol–water partition coefficient (Wildman–Crippen LogP) is 1.79. The summed E-state index contributed by atoms with van der Waals surface area (Å²) in [7, 11) is 1.86. The highest BCUT2D eigenvalue weighted by Crippen LogP contribution is 2.21. The van der Waals surface area contributed by atoms with Crippen molar-refractivity contribution in [1.29, 1.82) is 0 Å². The molecular weight excluding hydrogens is 375 g/mol. The minimum absolute atomic E-state index is 0.00929. The first-order chi connectivity index (χ1) is 14.1. The van der Waals surface area contributed by atoms with Crippen LogP contribution in [0.15, 0.2) is 48.9 Å². The van der Waals surface area contributed by atoms with Crippen LogP contribution in [0.2, 0.25) is 0 Å². The maximum atomic E-state index is 12.9. The Balaban J connectivity index is 1.31. The van der Waals surface area contributed by atoms with Crippen LogP contribution in [0, 0.1) is 5.82 Å². The van der Waals surface area contributed by atoms with Crippen LogP contribution in [-0.2, 0) is 11.8 Å². The number of hydrogen-bond acceptors (Lipinski definition) is 6. The summed E-state index contributed by atoms with van der Waals surface area (Å²) in [5, 5.41) is 7.13. The van der Waals surface area contributed by atoms with E-state index in [0.717, 1.165) is 24.2 Å². The second kappa shape index (κ2) is 8.26. The highest BCUT2D eigenvalue weighted by Gasteiger charge is 2.26. The van der Waals surface area contributed by atoms with E-state index in [0.29, 0.717) is 18.2 Å². The average molecular weight is 396 g/mol. The first-order valence-electron chi connectivity index (χ1n) is 9.31. The van der Waals surface area contributed by atoms with Crippen LogP contribution in [0.4, 0.5) is 10.3 Å². The molecule has 0 saturated carbocycles. The van der Waals surface area contributed by atoms with E-state index >= 15 is 0 Å². The van der Waals surface area contributed by atoms with Gasteiger partial charge in [0.25, 0.3) is 5.91 Å². The lowest BCUT2D eigenvalue weighted by atomic mass is 10.2. The number of aromatic nitrogens is 4. The molecule has 3 heterocycles. The smallest absolute Gasteiger partial charge is 0.258 e. The van der Waals surface area contributed by atoms with Crippen LogP contribution in [-0.4, -0.2) is 51.4 Å². The fourth-order valence-corrected chi connectivity index (χ4v) is 3.22. The van der Waals surface area contributed by atoms with Gasteiger partial charge in [-0.3, -0.25) is 9.48 Å². The number of ether oxygens (including phenoxy) is 1. The summed E-state index contributed by atoms with van der Waals surface area (Å²) in [6, 6.07) is 7.41. The summed E-state index contributed by atoms with van der Waals surface area (Å²) in [4.78, 5) is 23.2. The van der Waals surface area contributed by atoms with Gasteiger partial charge >= 0.3 is 0 Å². The topological polar surface area (TPSA) is 85.2 Å². The van der Waals surface area contributed by atoms with E-state index in [1.165, 1.54) is 24.3 Å². The zero-order valence-corrected chi connectivity index (χ0v) is 16.0. The lowest BCUT2D eigenvalue weighted by Gasteiger charge is -2.17. The van der Waals surface area contributed by atoms with Gasteiger partial charge in [0.05, 0.1) is 11.9 Å². The number of benzene rings is 1. The molecule has 1 saturated heterocycles. The van der Waals surface area contributed by atoms with Crippen LogP contribution >= 0.6 is 0 Å². The summed E-state index contributed by atoms with van der Waals surface area (Å²) in [6.45, 7) is 1.26. The summed E-state index contributed by atoms with van der Waals surface area (Å²) < 4.78 is 20.0. The predicted molar refractivity (Wildman–Crippen MR) is 105 cm³/mol. The van der Waals surface area contributed by atoms with Crippen molar-refractivity contribution in [3.8, 4) is 17.0 Å². The first kappa shape index (κ1) is 18.9. The molecule has 2 aromatic heterocycles. The monoisotopic (exact) mass is 396 g/mol. The van der Waals surface area contributed by atoms with Crippen molar-refractivity contribution in [1.82, 2.24) is 25.1 Å². The standard InChI is InChI=1S/C20H21FN6O2/c1-26-11-14(10-23-26)18-6-8-22-20(25-18)27-9-7-16(12-27)24-19(28)13-29-17-4-2-15(21)3-5-17/h2-6,8,10-11,16H,7,9,12-13H2,1H3,(H,24,28). The van der Waals surface area contributed by atoms with E-state index in [1.807, 2.05) is 24.2 Å². The zero-order valence-electron chi connectivity index (χ0n) is 16.0. The lowest BCUT2D eigenvalue weighted by molar-refractivity contribution is -0.123. The Labute approximate surface area is 167 Å². The molecular formula is C20H21FN6O2. The summed E-state index contributed by atoms with van der Waals surface area (Å²) in [6.07, 6.45) is 6.19. The Morgan fingerprint density at radius 3 is 2.90 bits per heavy atom. The van der Waals surface area contributed by atoms with Crippen LogP contribution in [0.5, 0.6) is 5.75 Å². The molecule has 4 rings (SSSR count). The van der Waals surface area contributed by atoms with Gasteiger partial charge in [0, 0.05) is 44.1 Å². The average Bonchev–Trinajstić information content (AvgIpc) is 3.37. The molecule has 1 N–H and O–H groups in total. The Hall–Kier alpha value is -3.49. The van der Waals surface area contributed by atoms with Crippen LogP contribution in [0.1, 0.15) is 6.42 Å². The molecule has 1 aliphatic rings. The Morgan fingerprint density at radius 2 is 2.14 bits per heavy atom. The summed E-state index contributed by atoms with van der Waals surface area (Å²) >= 11 is 0. The Bertz CT molecular complexity index is 991. The Morgan fingerprint density at radius 1 is 1.31 bits per heavy atom. The third kappa shape index (κ3) is 4.68. The molecule has 9 heteroatoms. The van der Waals surface area contributed by atoms with Gasteiger partial charge in [-0.1, -0.05) is 0 Å². The minimum Gasteiger partial charge on any atom is -0.484 e. The molecule has 0 spiro atoms. The number of carbonyl (C=O) groups excluding carboxylic acids is 1. The zero-order chi connectivity index (χ0) is 20.2. The molecule has 1 unspecified atom stereocenters. The Kier molecular flexibility index (Phi) is 5.37. The van der Waals surface area contributed by atoms with Crippen molar-refractivity contribution in [3.05, 3.63) is 54.7 Å². The number of halogens is 1. The number of anilines is 1. The van der Waals surface area contributed by atoms with Crippen molar-refractivity contribution >= 4 is 11.9 Å². The third-order valence-electron chi connectivity index (χ3n) is 4.66. The number of aryl methyl sites for hydroxylation is 1. The van der Waals surface area contributed by atoms with E-state index in [-0.39, 0.29) is 24.4 Å². The van der Waals surface area contributed by atoms with Gasteiger partial charge in [-0.05, 0) is 36.8 Å². The minimum atomic E-state index is -0.345. The molecule has 0 bridgehead atoms. The molecule has 8 nitrogen and oxygen atoms in total. The second-order valence-corrected chi connectivity index (χ2v) is 6.89. The van der Waals surface area contributed by atoms with E-state index in [1.54, 1.807) is 17.1 Å². The number of nitrogens with one attached hydrogen (secondary N) is 1. The van der Waals surface area contributed by atoms with Gasteiger partial charge in [-0.2, -0.15) is 5.10 Å².